The predicted molar refractivity (Wildman–Crippen MR) is 97.5 cm³/mol. The number of rotatable bonds is 6. The van der Waals surface area contributed by atoms with E-state index in [1.165, 1.54) is 25.7 Å². The van der Waals surface area contributed by atoms with Crippen LogP contribution in [-0.2, 0) is 16.1 Å². The van der Waals surface area contributed by atoms with Gasteiger partial charge in [-0.15, -0.1) is 11.3 Å². The third-order valence-electron chi connectivity index (χ3n) is 5.58. The largest absolute Gasteiger partial charge is 0.497 e. The van der Waals surface area contributed by atoms with Gasteiger partial charge in [-0.1, -0.05) is 6.42 Å². The van der Waals surface area contributed by atoms with Crippen LogP contribution in [-0.4, -0.2) is 18.1 Å². The van der Waals surface area contributed by atoms with Crippen molar-refractivity contribution in [1.82, 2.24) is 4.98 Å². The van der Waals surface area contributed by atoms with Crippen LogP contribution >= 0.6 is 11.3 Å². The highest BCUT2D eigenvalue weighted by Crippen LogP contribution is 2.49. The maximum absolute atomic E-state index is 12.1. The molecule has 0 spiro atoms. The Kier molecular flexibility index (Phi) is 4.75. The molecular formula is C20H23NO3S. The molecule has 2 fully saturated rings. The molecule has 132 valence electrons. The van der Waals surface area contributed by atoms with Crippen LogP contribution in [0.2, 0.25) is 0 Å². The fourth-order valence-electron chi connectivity index (χ4n) is 4.29. The zero-order valence-corrected chi connectivity index (χ0v) is 15.3. The second-order valence-electron chi connectivity index (χ2n) is 7.17. The minimum atomic E-state index is -0.0726. The number of carbonyl (C=O) groups excluding carboxylic acids is 1. The van der Waals surface area contributed by atoms with Crippen LogP contribution in [0.15, 0.2) is 29.6 Å². The van der Waals surface area contributed by atoms with Crippen molar-refractivity contribution in [2.75, 3.05) is 7.11 Å². The molecule has 1 aromatic heterocycles. The molecule has 0 N–H and O–H groups in total. The van der Waals surface area contributed by atoms with E-state index >= 15 is 0 Å². The Balaban J connectivity index is 1.29. The van der Waals surface area contributed by atoms with Gasteiger partial charge in [0.05, 0.1) is 12.8 Å². The Morgan fingerprint density at radius 1 is 1.24 bits per heavy atom. The summed E-state index contributed by atoms with van der Waals surface area (Å²) in [5, 5.41) is 2.89. The summed E-state index contributed by atoms with van der Waals surface area (Å²) in [4.78, 5) is 16.7. The van der Waals surface area contributed by atoms with Crippen LogP contribution in [0.4, 0.5) is 0 Å². The zero-order chi connectivity index (χ0) is 17.2. The Bertz CT molecular complexity index is 740. The number of thiazole rings is 1. The van der Waals surface area contributed by atoms with Gasteiger partial charge in [-0.25, -0.2) is 4.98 Å². The normalized spacial score (nSPS) is 24.4. The van der Waals surface area contributed by atoms with Gasteiger partial charge in [0.15, 0.2) is 0 Å². The molecule has 3 atom stereocenters. The van der Waals surface area contributed by atoms with E-state index in [0.717, 1.165) is 33.9 Å². The number of hydrogen-bond donors (Lipinski definition) is 0. The van der Waals surface area contributed by atoms with Crippen molar-refractivity contribution >= 4 is 17.3 Å². The number of nitrogens with zero attached hydrogens (tertiary/aromatic N) is 1. The first-order valence-corrected chi connectivity index (χ1v) is 9.83. The van der Waals surface area contributed by atoms with E-state index in [4.69, 9.17) is 9.47 Å². The van der Waals surface area contributed by atoms with Crippen molar-refractivity contribution in [2.45, 2.75) is 38.7 Å². The average molecular weight is 357 g/mol. The molecule has 1 heterocycles. The molecule has 2 saturated carbocycles. The van der Waals surface area contributed by atoms with Gasteiger partial charge in [-0.3, -0.25) is 4.79 Å². The number of ether oxygens (including phenoxy) is 2. The topological polar surface area (TPSA) is 48.4 Å². The zero-order valence-electron chi connectivity index (χ0n) is 14.4. The van der Waals surface area contributed by atoms with E-state index in [1.807, 2.05) is 29.6 Å². The highest BCUT2D eigenvalue weighted by Gasteiger charge is 2.40. The Labute approximate surface area is 152 Å². The number of fused-ring (bicyclic) bond motifs is 2. The molecule has 0 radical (unpaired) electrons. The van der Waals surface area contributed by atoms with Crippen LogP contribution in [0.25, 0.3) is 10.6 Å². The van der Waals surface area contributed by atoms with E-state index in [2.05, 4.69) is 4.98 Å². The molecule has 1 aromatic carbocycles. The summed E-state index contributed by atoms with van der Waals surface area (Å²) in [7, 11) is 1.65. The Morgan fingerprint density at radius 2 is 2.08 bits per heavy atom. The average Bonchev–Trinajstić information content (AvgIpc) is 3.37. The van der Waals surface area contributed by atoms with E-state index in [-0.39, 0.29) is 12.6 Å². The Morgan fingerprint density at radius 3 is 2.76 bits per heavy atom. The third-order valence-corrected chi connectivity index (χ3v) is 6.52. The van der Waals surface area contributed by atoms with Crippen molar-refractivity contribution in [1.29, 1.82) is 0 Å². The molecule has 0 aliphatic heterocycles. The van der Waals surface area contributed by atoms with Crippen LogP contribution < -0.4 is 4.74 Å². The van der Waals surface area contributed by atoms with Gasteiger partial charge in [-0.05, 0) is 61.3 Å². The first kappa shape index (κ1) is 16.6. The molecule has 5 heteroatoms. The minimum Gasteiger partial charge on any atom is -0.497 e. The second kappa shape index (κ2) is 7.16. The lowest BCUT2D eigenvalue weighted by molar-refractivity contribution is -0.146. The van der Waals surface area contributed by atoms with Crippen molar-refractivity contribution in [3.8, 4) is 16.3 Å². The molecule has 4 rings (SSSR count). The number of carbonyl (C=O) groups is 1. The molecule has 0 saturated heterocycles. The molecule has 4 nitrogen and oxygen atoms in total. The predicted octanol–water partition coefficient (Wildman–Crippen LogP) is 4.69. The second-order valence-corrected chi connectivity index (χ2v) is 8.03. The van der Waals surface area contributed by atoms with Crippen LogP contribution in [0, 0.1) is 17.8 Å². The monoisotopic (exact) mass is 357 g/mol. The maximum Gasteiger partial charge on any atom is 0.306 e. The molecule has 0 unspecified atom stereocenters. The molecule has 2 aliphatic rings. The van der Waals surface area contributed by atoms with Gasteiger partial charge in [0.1, 0.15) is 17.4 Å². The van der Waals surface area contributed by atoms with Gasteiger partial charge in [0.2, 0.25) is 0 Å². The number of benzene rings is 1. The number of methoxy groups -OCH3 is 1. The summed E-state index contributed by atoms with van der Waals surface area (Å²) in [5.41, 5.74) is 1.86. The minimum absolute atomic E-state index is 0.0726. The van der Waals surface area contributed by atoms with Gasteiger partial charge in [0, 0.05) is 17.4 Å². The number of aromatic nitrogens is 1. The summed E-state index contributed by atoms with van der Waals surface area (Å²) >= 11 is 1.57. The summed E-state index contributed by atoms with van der Waals surface area (Å²) in [6.45, 7) is 0.270. The van der Waals surface area contributed by atoms with E-state index < -0.39 is 0 Å². The van der Waals surface area contributed by atoms with E-state index in [0.29, 0.717) is 12.3 Å². The number of hydrogen-bond acceptors (Lipinski definition) is 5. The van der Waals surface area contributed by atoms with Crippen LogP contribution in [0.1, 0.15) is 37.8 Å². The smallest absolute Gasteiger partial charge is 0.306 e. The van der Waals surface area contributed by atoms with Gasteiger partial charge >= 0.3 is 5.97 Å². The molecular weight excluding hydrogens is 334 g/mol. The molecule has 2 aromatic rings. The van der Waals surface area contributed by atoms with E-state index in [1.54, 1.807) is 18.4 Å². The summed E-state index contributed by atoms with van der Waals surface area (Å²) in [6, 6.07) is 7.82. The van der Waals surface area contributed by atoms with Crippen molar-refractivity contribution in [3.05, 3.63) is 35.3 Å². The maximum atomic E-state index is 12.1. The standard InChI is InChI=1S/C20H23NO3S/c1-23-18-6-4-14(5-7-18)20-21-17(12-25-20)11-24-19(22)10-16-9-13-2-3-15(16)8-13/h4-7,12-13,15-16H,2-3,8-11H2,1H3/t13-,15+,16-/m0/s1. The number of esters is 1. The Hall–Kier alpha value is -1.88. The van der Waals surface area contributed by atoms with E-state index in [9.17, 15) is 4.79 Å². The first-order valence-electron chi connectivity index (χ1n) is 8.95. The van der Waals surface area contributed by atoms with Crippen molar-refractivity contribution in [3.63, 3.8) is 0 Å². The highest BCUT2D eigenvalue weighted by atomic mass is 32.1. The lowest BCUT2D eigenvalue weighted by Gasteiger charge is -2.20. The quantitative estimate of drug-likeness (QED) is 0.704. The summed E-state index contributed by atoms with van der Waals surface area (Å²) in [6.07, 6.45) is 5.80. The molecule has 2 bridgehead atoms. The summed E-state index contributed by atoms with van der Waals surface area (Å²) < 4.78 is 10.6. The fraction of sp³-hybridized carbons (Fsp3) is 0.500. The molecule has 2 aliphatic carbocycles. The fourth-order valence-corrected chi connectivity index (χ4v) is 5.10. The lowest BCUT2D eigenvalue weighted by atomic mass is 9.86. The van der Waals surface area contributed by atoms with Crippen molar-refractivity contribution in [2.24, 2.45) is 17.8 Å². The van der Waals surface area contributed by atoms with Crippen LogP contribution in [0.5, 0.6) is 5.75 Å². The molecule has 0 amide bonds. The van der Waals surface area contributed by atoms with Gasteiger partial charge in [0.25, 0.3) is 0 Å². The third kappa shape index (κ3) is 3.71. The van der Waals surface area contributed by atoms with Gasteiger partial charge in [-0.2, -0.15) is 0 Å². The SMILES string of the molecule is COc1ccc(-c2nc(COC(=O)C[C@@H]3C[C@H]4CC[C@@H]3C4)cs2)cc1. The van der Waals surface area contributed by atoms with Crippen LogP contribution in [0.3, 0.4) is 0 Å². The van der Waals surface area contributed by atoms with Gasteiger partial charge < -0.3 is 9.47 Å². The first-order chi connectivity index (χ1) is 12.2. The molecule has 25 heavy (non-hydrogen) atoms. The summed E-state index contributed by atoms with van der Waals surface area (Å²) in [5.74, 6) is 2.94. The highest BCUT2D eigenvalue weighted by molar-refractivity contribution is 7.13. The lowest BCUT2D eigenvalue weighted by Crippen LogP contribution is -2.17. The van der Waals surface area contributed by atoms with Crippen molar-refractivity contribution < 1.29 is 14.3 Å².